The molecule has 0 fully saturated rings. The largest absolute Gasteiger partial charge is 0.456 e. The Morgan fingerprint density at radius 2 is 0.812 bits per heavy atom. The third kappa shape index (κ3) is 3.55. The normalized spacial score (nSPS) is 12.2. The molecule has 0 saturated carbocycles. The Kier molecular flexibility index (Phi) is 5.32. The van der Waals surface area contributed by atoms with E-state index in [9.17, 15) is 0 Å². The van der Waals surface area contributed by atoms with Gasteiger partial charge in [0.2, 0.25) is 0 Å². The molecule has 0 unspecified atom stereocenters. The van der Waals surface area contributed by atoms with Crippen molar-refractivity contribution in [1.29, 1.82) is 0 Å². The van der Waals surface area contributed by atoms with Crippen molar-refractivity contribution in [1.82, 2.24) is 0 Å². The molecule has 11 rings (SSSR count). The third-order valence-corrected chi connectivity index (χ3v) is 11.4. The highest BCUT2D eigenvalue weighted by molar-refractivity contribution is 7.27. The van der Waals surface area contributed by atoms with E-state index in [4.69, 9.17) is 4.42 Å². The fourth-order valence-electron chi connectivity index (χ4n) is 8.19. The quantitative estimate of drug-likeness (QED) is 0.137. The fraction of sp³-hybridized carbons (Fsp3) is 0. The number of para-hydroxylation sites is 1. The van der Waals surface area contributed by atoms with Gasteiger partial charge in [-0.1, -0.05) is 127 Å². The molecule has 1 nitrogen and oxygen atoms in total. The highest BCUT2D eigenvalue weighted by Crippen LogP contribution is 2.48. The summed E-state index contributed by atoms with van der Waals surface area (Å²) < 4.78 is 9.04. The minimum absolute atomic E-state index is 0.917. The van der Waals surface area contributed by atoms with E-state index in [1.807, 2.05) is 23.5 Å². The maximum atomic E-state index is 6.36. The second-order valence-electron chi connectivity index (χ2n) is 12.8. The number of benzene rings is 9. The van der Waals surface area contributed by atoms with Crippen molar-refractivity contribution < 1.29 is 4.42 Å². The fourth-order valence-corrected chi connectivity index (χ4v) is 9.43. The molecule has 0 aliphatic carbocycles. The second kappa shape index (κ2) is 9.78. The molecule has 0 aliphatic rings. The minimum Gasteiger partial charge on any atom is -0.456 e. The molecule has 2 aromatic heterocycles. The van der Waals surface area contributed by atoms with Crippen LogP contribution in [-0.2, 0) is 0 Å². The van der Waals surface area contributed by atoms with Crippen molar-refractivity contribution in [3.63, 3.8) is 0 Å². The monoisotopic (exact) mass is 626 g/mol. The van der Waals surface area contributed by atoms with Crippen LogP contribution in [0.25, 0.3) is 107 Å². The van der Waals surface area contributed by atoms with Crippen molar-refractivity contribution in [3.05, 3.63) is 158 Å². The predicted molar refractivity (Wildman–Crippen MR) is 208 cm³/mol. The summed E-state index contributed by atoms with van der Waals surface area (Å²) in [5.41, 5.74) is 6.77. The lowest BCUT2D eigenvalue weighted by molar-refractivity contribution is 0.669. The van der Waals surface area contributed by atoms with E-state index < -0.39 is 0 Å². The zero-order chi connectivity index (χ0) is 31.3. The molecule has 0 spiro atoms. The molecular weight excluding hydrogens is 601 g/mol. The van der Waals surface area contributed by atoms with E-state index in [0.29, 0.717) is 0 Å². The highest BCUT2D eigenvalue weighted by atomic mass is 32.1. The molecule has 222 valence electrons. The maximum Gasteiger partial charge on any atom is 0.136 e. The third-order valence-electron chi connectivity index (χ3n) is 10.2. The molecule has 0 radical (unpaired) electrons. The van der Waals surface area contributed by atoms with Gasteiger partial charge >= 0.3 is 0 Å². The number of hydrogen-bond acceptors (Lipinski definition) is 2. The summed E-state index contributed by atoms with van der Waals surface area (Å²) in [4.78, 5) is 0. The van der Waals surface area contributed by atoms with Gasteiger partial charge in [0.15, 0.2) is 0 Å². The molecule has 0 amide bonds. The summed E-state index contributed by atoms with van der Waals surface area (Å²) in [6.45, 7) is 0. The van der Waals surface area contributed by atoms with Gasteiger partial charge in [0.1, 0.15) is 11.2 Å². The van der Waals surface area contributed by atoms with Gasteiger partial charge in [0.25, 0.3) is 0 Å². The summed E-state index contributed by atoms with van der Waals surface area (Å²) in [5, 5.41) is 15.3. The zero-order valence-electron chi connectivity index (χ0n) is 25.8. The molecule has 48 heavy (non-hydrogen) atoms. The Labute approximate surface area is 279 Å². The Hall–Kier alpha value is -5.96. The standard InChI is InChI=1S/C46H26OS/c1-3-14-33-29(11-1)30-12-2-8-19-38(30)46-45(33)39-25-27(22-24-42(39)48-46)43-34-15-4-6-17-36(34)44(37-18-7-5-16-35(37)43)28-21-23-32-31-13-9-10-20-40(31)47-41(32)26-28/h1-26H. The molecule has 11 aromatic rings. The first-order chi connectivity index (χ1) is 23.8. The van der Waals surface area contributed by atoms with E-state index in [0.717, 1.165) is 27.5 Å². The minimum atomic E-state index is 0.917. The van der Waals surface area contributed by atoms with Gasteiger partial charge in [0, 0.05) is 36.3 Å². The van der Waals surface area contributed by atoms with Gasteiger partial charge in [-0.2, -0.15) is 0 Å². The summed E-state index contributed by atoms with van der Waals surface area (Å²) in [6.07, 6.45) is 0. The SMILES string of the molecule is c1ccc2c(c1)oc1cc(-c3c4ccccc4c(-c4ccc5sc6c7ccccc7c7ccccc7c6c5c4)c4ccccc34)ccc12. The van der Waals surface area contributed by atoms with Crippen molar-refractivity contribution in [2.75, 3.05) is 0 Å². The number of rotatable bonds is 2. The van der Waals surface area contributed by atoms with Gasteiger partial charge in [-0.05, 0) is 90.3 Å². The van der Waals surface area contributed by atoms with Crippen LogP contribution in [0.15, 0.2) is 162 Å². The van der Waals surface area contributed by atoms with Crippen molar-refractivity contribution in [3.8, 4) is 22.3 Å². The molecule has 0 N–H and O–H groups in total. The molecule has 0 saturated heterocycles. The molecule has 0 aliphatic heterocycles. The van der Waals surface area contributed by atoms with Gasteiger partial charge in [0.05, 0.1) is 0 Å². The van der Waals surface area contributed by atoms with E-state index >= 15 is 0 Å². The molecular formula is C46H26OS. The van der Waals surface area contributed by atoms with Crippen LogP contribution >= 0.6 is 11.3 Å². The first-order valence-electron chi connectivity index (χ1n) is 16.4. The molecule has 9 aromatic carbocycles. The summed E-state index contributed by atoms with van der Waals surface area (Å²) >= 11 is 1.91. The Morgan fingerprint density at radius 1 is 0.333 bits per heavy atom. The van der Waals surface area contributed by atoms with Crippen LogP contribution in [-0.4, -0.2) is 0 Å². The summed E-state index contributed by atoms with van der Waals surface area (Å²) in [7, 11) is 0. The smallest absolute Gasteiger partial charge is 0.136 e. The number of hydrogen-bond donors (Lipinski definition) is 0. The first kappa shape index (κ1) is 26.1. The van der Waals surface area contributed by atoms with E-state index in [2.05, 4.69) is 146 Å². The molecule has 0 bridgehead atoms. The average molecular weight is 627 g/mol. The Balaban J connectivity index is 1.22. The Bertz CT molecular complexity index is 3060. The van der Waals surface area contributed by atoms with Gasteiger partial charge in [-0.3, -0.25) is 0 Å². The topological polar surface area (TPSA) is 13.1 Å². The Morgan fingerprint density at radius 3 is 1.48 bits per heavy atom. The summed E-state index contributed by atoms with van der Waals surface area (Å²) in [5.74, 6) is 0. The van der Waals surface area contributed by atoms with Gasteiger partial charge in [-0.25, -0.2) is 0 Å². The van der Waals surface area contributed by atoms with Crippen LogP contribution in [0.2, 0.25) is 0 Å². The van der Waals surface area contributed by atoms with Crippen molar-refractivity contribution in [2.24, 2.45) is 0 Å². The molecule has 2 heteroatoms. The number of fused-ring (bicyclic) bond motifs is 13. The van der Waals surface area contributed by atoms with Crippen LogP contribution in [0, 0.1) is 0 Å². The van der Waals surface area contributed by atoms with Crippen LogP contribution in [0.4, 0.5) is 0 Å². The highest BCUT2D eigenvalue weighted by Gasteiger charge is 2.20. The van der Waals surface area contributed by atoms with Crippen LogP contribution in [0.1, 0.15) is 0 Å². The van der Waals surface area contributed by atoms with E-state index in [1.165, 1.54) is 80.0 Å². The van der Waals surface area contributed by atoms with Crippen LogP contribution in [0.3, 0.4) is 0 Å². The molecule has 0 atom stereocenters. The van der Waals surface area contributed by atoms with Gasteiger partial charge in [-0.15, -0.1) is 11.3 Å². The lowest BCUT2D eigenvalue weighted by Crippen LogP contribution is -1.90. The van der Waals surface area contributed by atoms with Crippen LogP contribution < -0.4 is 0 Å². The predicted octanol–water partition coefficient (Wildman–Crippen LogP) is 13.9. The molecule has 2 heterocycles. The summed E-state index contributed by atoms with van der Waals surface area (Å²) in [6, 6.07) is 57.7. The number of thiophene rings is 1. The lowest BCUT2D eigenvalue weighted by atomic mass is 9.85. The first-order valence-corrected chi connectivity index (χ1v) is 17.2. The maximum absolute atomic E-state index is 6.36. The average Bonchev–Trinajstić information content (AvgIpc) is 3.72. The van der Waals surface area contributed by atoms with Crippen LogP contribution in [0.5, 0.6) is 0 Å². The van der Waals surface area contributed by atoms with E-state index in [-0.39, 0.29) is 0 Å². The van der Waals surface area contributed by atoms with Crippen molar-refractivity contribution in [2.45, 2.75) is 0 Å². The van der Waals surface area contributed by atoms with Gasteiger partial charge < -0.3 is 4.42 Å². The lowest BCUT2D eigenvalue weighted by Gasteiger charge is -2.18. The van der Waals surface area contributed by atoms with E-state index in [1.54, 1.807) is 0 Å². The second-order valence-corrected chi connectivity index (χ2v) is 13.8. The number of furan rings is 1. The zero-order valence-corrected chi connectivity index (χ0v) is 26.6. The van der Waals surface area contributed by atoms with Crippen molar-refractivity contribution >= 4 is 96.5 Å².